The highest BCUT2D eigenvalue weighted by atomic mass is 16.2. The van der Waals surface area contributed by atoms with E-state index in [1.165, 1.54) is 25.7 Å². The topological polar surface area (TPSA) is 32.3 Å². The van der Waals surface area contributed by atoms with E-state index in [1.807, 2.05) is 0 Å². The van der Waals surface area contributed by atoms with Crippen LogP contribution in [0.3, 0.4) is 0 Å². The van der Waals surface area contributed by atoms with Crippen molar-refractivity contribution in [3.63, 3.8) is 0 Å². The van der Waals surface area contributed by atoms with Crippen LogP contribution in [0.15, 0.2) is 0 Å². The van der Waals surface area contributed by atoms with E-state index in [9.17, 15) is 4.79 Å². The Morgan fingerprint density at radius 1 is 1.20 bits per heavy atom. The molecule has 4 aliphatic heterocycles. The number of rotatable bonds is 2. The summed E-state index contributed by atoms with van der Waals surface area (Å²) in [5.74, 6) is 0.409. The summed E-state index contributed by atoms with van der Waals surface area (Å²) in [6.07, 6.45) is 6.52. The van der Waals surface area contributed by atoms with Crippen LogP contribution in [0.4, 0.5) is 0 Å². The Labute approximate surface area is 91.2 Å². The Morgan fingerprint density at radius 3 is 2.20 bits per heavy atom. The first-order valence-corrected chi connectivity index (χ1v) is 6.35. The van der Waals surface area contributed by atoms with E-state index >= 15 is 0 Å². The van der Waals surface area contributed by atoms with Crippen LogP contribution in [0.25, 0.3) is 0 Å². The van der Waals surface area contributed by atoms with Crippen molar-refractivity contribution in [3.8, 4) is 0 Å². The fourth-order valence-electron chi connectivity index (χ4n) is 3.81. The lowest BCUT2D eigenvalue weighted by Crippen LogP contribution is -2.68. The van der Waals surface area contributed by atoms with Crippen molar-refractivity contribution in [3.05, 3.63) is 0 Å². The normalized spacial score (nSPS) is 42.3. The molecule has 1 amide bonds. The molecule has 0 aliphatic carbocycles. The van der Waals surface area contributed by atoms with Gasteiger partial charge < -0.3 is 10.2 Å². The maximum Gasteiger partial charge on any atom is 0.223 e. The SMILES string of the molecule is CCCC(=O)N1C2CC3CC1CC(C2)N3. The molecule has 0 aromatic carbocycles. The molecule has 3 heteroatoms. The standard InChI is InChI=1S/C12H20N2O/c1-2-3-12(15)14-10-4-8-5-11(14)7-9(6-10)13-8/h8-11,13H,2-7H2,1H3. The zero-order valence-electron chi connectivity index (χ0n) is 9.41. The van der Waals surface area contributed by atoms with Crippen molar-refractivity contribution in [2.75, 3.05) is 0 Å². The minimum absolute atomic E-state index is 0.409. The van der Waals surface area contributed by atoms with E-state index in [0.717, 1.165) is 12.8 Å². The van der Waals surface area contributed by atoms with Crippen LogP contribution in [-0.4, -0.2) is 35.0 Å². The Balaban J connectivity index is 1.77. The third kappa shape index (κ3) is 1.48. The van der Waals surface area contributed by atoms with Crippen molar-refractivity contribution in [2.24, 2.45) is 0 Å². The molecule has 4 bridgehead atoms. The maximum atomic E-state index is 12.0. The lowest BCUT2D eigenvalue weighted by Gasteiger charge is -2.57. The van der Waals surface area contributed by atoms with Gasteiger partial charge >= 0.3 is 0 Å². The highest BCUT2D eigenvalue weighted by molar-refractivity contribution is 5.77. The van der Waals surface area contributed by atoms with Gasteiger partial charge in [-0.15, -0.1) is 0 Å². The molecule has 0 radical (unpaired) electrons. The van der Waals surface area contributed by atoms with E-state index in [2.05, 4.69) is 17.1 Å². The summed E-state index contributed by atoms with van der Waals surface area (Å²) in [7, 11) is 0. The zero-order chi connectivity index (χ0) is 10.4. The largest absolute Gasteiger partial charge is 0.336 e. The lowest BCUT2D eigenvalue weighted by molar-refractivity contribution is -0.145. The van der Waals surface area contributed by atoms with Crippen LogP contribution in [0, 0.1) is 0 Å². The quantitative estimate of drug-likeness (QED) is 0.741. The molecule has 1 N–H and O–H groups in total. The first-order chi connectivity index (χ1) is 7.28. The smallest absolute Gasteiger partial charge is 0.223 e. The molecule has 4 fully saturated rings. The van der Waals surface area contributed by atoms with Gasteiger partial charge in [-0.25, -0.2) is 0 Å². The van der Waals surface area contributed by atoms with E-state index in [4.69, 9.17) is 0 Å². The molecule has 4 saturated heterocycles. The predicted octanol–water partition coefficient (Wildman–Crippen LogP) is 1.28. The van der Waals surface area contributed by atoms with Crippen LogP contribution >= 0.6 is 0 Å². The molecule has 0 atom stereocenters. The molecule has 15 heavy (non-hydrogen) atoms. The minimum atomic E-state index is 0.409. The molecular weight excluding hydrogens is 188 g/mol. The van der Waals surface area contributed by atoms with E-state index < -0.39 is 0 Å². The average molecular weight is 208 g/mol. The molecule has 4 rings (SSSR count). The van der Waals surface area contributed by atoms with Gasteiger partial charge in [0, 0.05) is 30.6 Å². The van der Waals surface area contributed by atoms with Gasteiger partial charge in [-0.1, -0.05) is 6.92 Å². The summed E-state index contributed by atoms with van der Waals surface area (Å²) in [4.78, 5) is 14.3. The van der Waals surface area contributed by atoms with Gasteiger partial charge in [-0.3, -0.25) is 4.79 Å². The van der Waals surface area contributed by atoms with Gasteiger partial charge in [-0.2, -0.15) is 0 Å². The molecule has 0 unspecified atom stereocenters. The molecule has 0 aromatic heterocycles. The first-order valence-electron chi connectivity index (χ1n) is 6.35. The number of carbonyl (C=O) groups excluding carboxylic acids is 1. The summed E-state index contributed by atoms with van der Waals surface area (Å²) in [6, 6.07) is 2.54. The monoisotopic (exact) mass is 208 g/mol. The molecule has 0 spiro atoms. The fraction of sp³-hybridized carbons (Fsp3) is 0.917. The summed E-state index contributed by atoms with van der Waals surface area (Å²) >= 11 is 0. The maximum absolute atomic E-state index is 12.0. The number of hydrogen-bond acceptors (Lipinski definition) is 2. The number of hydrogen-bond donors (Lipinski definition) is 1. The minimum Gasteiger partial charge on any atom is -0.336 e. The van der Waals surface area contributed by atoms with Crippen LogP contribution in [0.5, 0.6) is 0 Å². The Morgan fingerprint density at radius 2 is 1.73 bits per heavy atom. The molecule has 4 heterocycles. The molecule has 84 valence electrons. The van der Waals surface area contributed by atoms with E-state index in [0.29, 0.717) is 30.1 Å². The summed E-state index contributed by atoms with van der Waals surface area (Å²) in [5.41, 5.74) is 0. The van der Waals surface area contributed by atoms with Crippen molar-refractivity contribution in [1.82, 2.24) is 10.2 Å². The molecule has 0 saturated carbocycles. The third-order valence-electron chi connectivity index (χ3n) is 4.24. The van der Waals surface area contributed by atoms with Gasteiger partial charge in [0.05, 0.1) is 0 Å². The number of amides is 1. The molecule has 0 aromatic rings. The van der Waals surface area contributed by atoms with Crippen LogP contribution in [0.2, 0.25) is 0 Å². The molecule has 3 nitrogen and oxygen atoms in total. The van der Waals surface area contributed by atoms with E-state index in [-0.39, 0.29) is 0 Å². The van der Waals surface area contributed by atoms with Gasteiger partial charge in [0.25, 0.3) is 0 Å². The van der Waals surface area contributed by atoms with Gasteiger partial charge in [0.15, 0.2) is 0 Å². The van der Waals surface area contributed by atoms with Crippen LogP contribution in [0.1, 0.15) is 45.4 Å². The summed E-state index contributed by atoms with van der Waals surface area (Å²) < 4.78 is 0. The van der Waals surface area contributed by atoms with E-state index in [1.54, 1.807) is 0 Å². The fourth-order valence-corrected chi connectivity index (χ4v) is 3.81. The Bertz CT molecular complexity index is 249. The van der Waals surface area contributed by atoms with Crippen molar-refractivity contribution < 1.29 is 4.79 Å². The number of nitrogens with zero attached hydrogens (tertiary/aromatic N) is 1. The number of piperidine rings is 4. The van der Waals surface area contributed by atoms with Crippen molar-refractivity contribution in [1.29, 1.82) is 0 Å². The second-order valence-electron chi connectivity index (χ2n) is 5.36. The van der Waals surface area contributed by atoms with Crippen LogP contribution in [-0.2, 0) is 4.79 Å². The highest BCUT2D eigenvalue weighted by Gasteiger charge is 2.47. The molecule has 4 aliphatic rings. The van der Waals surface area contributed by atoms with Crippen molar-refractivity contribution in [2.45, 2.75) is 69.6 Å². The summed E-state index contributed by atoms with van der Waals surface area (Å²) in [6.45, 7) is 2.09. The average Bonchev–Trinajstić information content (AvgIpc) is 2.15. The predicted molar refractivity (Wildman–Crippen MR) is 58.5 cm³/mol. The Hall–Kier alpha value is -0.570. The van der Waals surface area contributed by atoms with Gasteiger partial charge in [0.1, 0.15) is 0 Å². The summed E-state index contributed by atoms with van der Waals surface area (Å²) in [5, 5.41) is 3.67. The number of carbonyl (C=O) groups is 1. The first kappa shape index (κ1) is 9.64. The second-order valence-corrected chi connectivity index (χ2v) is 5.36. The third-order valence-corrected chi connectivity index (χ3v) is 4.24. The van der Waals surface area contributed by atoms with Gasteiger partial charge in [-0.05, 0) is 32.1 Å². The van der Waals surface area contributed by atoms with Crippen LogP contribution < -0.4 is 5.32 Å². The second kappa shape index (κ2) is 3.48. The highest BCUT2D eigenvalue weighted by Crippen LogP contribution is 2.39. The number of nitrogens with one attached hydrogen (secondary N) is 1. The van der Waals surface area contributed by atoms with Crippen molar-refractivity contribution >= 4 is 5.91 Å². The Kier molecular flexibility index (Phi) is 2.23. The zero-order valence-corrected chi connectivity index (χ0v) is 9.41. The molecular formula is C12H20N2O. The lowest BCUT2D eigenvalue weighted by atomic mass is 9.74. The van der Waals surface area contributed by atoms with Gasteiger partial charge in [0.2, 0.25) is 5.91 Å².